The van der Waals surface area contributed by atoms with Gasteiger partial charge in [0.15, 0.2) is 0 Å². The second kappa shape index (κ2) is 11.1. The Kier molecular flexibility index (Phi) is 8.49. The van der Waals surface area contributed by atoms with E-state index in [0.717, 1.165) is 22.1 Å². The molecule has 3 rings (SSSR count). The van der Waals surface area contributed by atoms with Crippen LogP contribution in [-0.2, 0) is 23.8 Å². The summed E-state index contributed by atoms with van der Waals surface area (Å²) in [6, 6.07) is 11.6. The Morgan fingerprint density at radius 1 is 1.19 bits per heavy atom. The molecule has 0 aromatic heterocycles. The van der Waals surface area contributed by atoms with Gasteiger partial charge in [-0.1, -0.05) is 35.9 Å². The molecule has 2 aromatic rings. The van der Waals surface area contributed by atoms with E-state index >= 15 is 0 Å². The molecule has 1 aliphatic heterocycles. The van der Waals surface area contributed by atoms with Gasteiger partial charge in [0.25, 0.3) is 0 Å². The van der Waals surface area contributed by atoms with Gasteiger partial charge in [0.2, 0.25) is 6.29 Å². The zero-order valence-corrected chi connectivity index (χ0v) is 19.4. The van der Waals surface area contributed by atoms with Crippen molar-refractivity contribution in [3.63, 3.8) is 0 Å². The number of thioether (sulfide) groups is 1. The fraction of sp³-hybridized carbons (Fsp3) is 0.364. The van der Waals surface area contributed by atoms with Gasteiger partial charge >= 0.3 is 11.9 Å². The summed E-state index contributed by atoms with van der Waals surface area (Å²) in [5.41, 5.74) is 0.866. The lowest BCUT2D eigenvalue weighted by Crippen LogP contribution is -2.18. The summed E-state index contributed by atoms with van der Waals surface area (Å²) in [6.45, 7) is 2.18. The van der Waals surface area contributed by atoms with Crippen LogP contribution in [0.4, 0.5) is 0 Å². The number of carbonyl (C=O) groups is 2. The monoisotopic (exact) mass is 484 g/mol. The normalized spacial score (nSPS) is 17.0. The van der Waals surface area contributed by atoms with Gasteiger partial charge in [-0.05, 0) is 35.4 Å². The third-order valence-electron chi connectivity index (χ3n) is 4.68. The lowest BCUT2D eigenvalue weighted by molar-refractivity contribution is -0.157. The topological polar surface area (TPSA) is 71.1 Å². The predicted molar refractivity (Wildman–Crippen MR) is 122 cm³/mol. The van der Waals surface area contributed by atoms with E-state index in [9.17, 15) is 9.59 Å². The van der Waals surface area contributed by atoms with Crippen molar-refractivity contribution in [2.75, 3.05) is 32.0 Å². The number of cyclic esters (lactones) is 1. The van der Waals surface area contributed by atoms with Crippen molar-refractivity contribution < 1.29 is 28.5 Å². The maximum Gasteiger partial charge on any atom is 0.353 e. The molecular formula is C22H22Cl2O6S. The first kappa shape index (κ1) is 23.7. The molecule has 0 amide bonds. The quantitative estimate of drug-likeness (QED) is 0.272. The fourth-order valence-corrected chi connectivity index (χ4v) is 4.23. The van der Waals surface area contributed by atoms with Crippen LogP contribution >= 0.6 is 35.0 Å². The minimum Gasteiger partial charge on any atom is -0.497 e. The Labute approximate surface area is 194 Å². The van der Waals surface area contributed by atoms with Gasteiger partial charge in [0, 0.05) is 11.6 Å². The molecule has 2 atom stereocenters. The third kappa shape index (κ3) is 5.86. The maximum absolute atomic E-state index is 12.5. The number of fused-ring (bicyclic) bond motifs is 1. The van der Waals surface area contributed by atoms with Crippen LogP contribution in [0.3, 0.4) is 0 Å². The van der Waals surface area contributed by atoms with Crippen molar-refractivity contribution in [3.8, 4) is 5.75 Å². The minimum absolute atomic E-state index is 0.0166. The van der Waals surface area contributed by atoms with Crippen LogP contribution < -0.4 is 4.74 Å². The number of rotatable bonds is 10. The van der Waals surface area contributed by atoms with Crippen LogP contribution in [0.15, 0.2) is 46.3 Å². The summed E-state index contributed by atoms with van der Waals surface area (Å²) in [5.74, 6) is 0.0615. The average molecular weight is 485 g/mol. The van der Waals surface area contributed by atoms with E-state index in [1.165, 1.54) is 11.8 Å². The summed E-state index contributed by atoms with van der Waals surface area (Å²) in [6.07, 6.45) is -0.866. The second-order valence-corrected chi connectivity index (χ2v) is 8.58. The molecule has 2 unspecified atom stereocenters. The highest BCUT2D eigenvalue weighted by atomic mass is 35.5. The van der Waals surface area contributed by atoms with Crippen LogP contribution in [0.2, 0.25) is 0 Å². The number of hydrogen-bond donors (Lipinski definition) is 0. The number of hydrogen-bond acceptors (Lipinski definition) is 7. The van der Waals surface area contributed by atoms with Gasteiger partial charge in [0.1, 0.15) is 17.4 Å². The molecule has 0 radical (unpaired) electrons. The highest BCUT2D eigenvalue weighted by molar-refractivity contribution is 8.03. The lowest BCUT2D eigenvalue weighted by Gasteiger charge is -2.15. The van der Waals surface area contributed by atoms with Crippen molar-refractivity contribution in [1.82, 2.24) is 0 Å². The average Bonchev–Trinajstić information content (AvgIpc) is 3.06. The highest BCUT2D eigenvalue weighted by Gasteiger charge is 2.34. The van der Waals surface area contributed by atoms with Crippen LogP contribution in [0.25, 0.3) is 10.8 Å². The highest BCUT2D eigenvalue weighted by Crippen LogP contribution is 2.35. The number of carbonyl (C=O) groups excluding carboxylic acids is 2. The van der Waals surface area contributed by atoms with Crippen LogP contribution in [0.1, 0.15) is 18.4 Å². The summed E-state index contributed by atoms with van der Waals surface area (Å²) in [4.78, 5) is 24.6. The number of halogens is 2. The molecule has 0 saturated heterocycles. The zero-order chi connectivity index (χ0) is 22.4. The molecule has 166 valence electrons. The minimum atomic E-state index is -0.866. The first-order valence-electron chi connectivity index (χ1n) is 9.60. The Bertz CT molecular complexity index is 993. The number of ether oxygens (including phenoxy) is 4. The molecule has 6 nitrogen and oxygen atoms in total. The Balaban J connectivity index is 1.53. The van der Waals surface area contributed by atoms with Crippen molar-refractivity contribution >= 4 is 57.7 Å². The molecule has 0 saturated carbocycles. The summed E-state index contributed by atoms with van der Waals surface area (Å²) in [7, 11) is 1.63. The molecule has 0 aliphatic carbocycles. The number of esters is 2. The van der Waals surface area contributed by atoms with E-state index in [2.05, 4.69) is 0 Å². The number of alkyl halides is 1. The fourth-order valence-electron chi connectivity index (χ4n) is 2.99. The van der Waals surface area contributed by atoms with E-state index in [1.54, 1.807) is 14.0 Å². The SMILES string of the molecule is COc1ccc2cc(C(C)C(=O)OCCSC3=C(Cl)C(=O)OC3OCCCl)ccc2c1. The smallest absolute Gasteiger partial charge is 0.353 e. The number of methoxy groups -OCH3 is 1. The van der Waals surface area contributed by atoms with Gasteiger partial charge in [-0.2, -0.15) is 0 Å². The van der Waals surface area contributed by atoms with Crippen molar-refractivity contribution in [1.29, 1.82) is 0 Å². The van der Waals surface area contributed by atoms with Crippen molar-refractivity contribution in [2.24, 2.45) is 0 Å². The standard InChI is InChI=1S/C22H22Cl2O6S/c1-13(14-3-4-16-12-17(27-2)6-5-15(16)11-14)20(25)28-9-10-31-19-18(24)21(26)30-22(19)29-8-7-23/h3-6,11-13,22H,7-10H2,1-2H3. The summed E-state index contributed by atoms with van der Waals surface area (Å²) >= 11 is 12.9. The molecule has 0 fully saturated rings. The second-order valence-electron chi connectivity index (χ2n) is 6.69. The van der Waals surface area contributed by atoms with Crippen LogP contribution in [0, 0.1) is 0 Å². The van der Waals surface area contributed by atoms with Gasteiger partial charge in [-0.25, -0.2) is 4.79 Å². The lowest BCUT2D eigenvalue weighted by atomic mass is 9.98. The molecule has 0 bridgehead atoms. The summed E-state index contributed by atoms with van der Waals surface area (Å²) < 4.78 is 21.1. The van der Waals surface area contributed by atoms with Crippen LogP contribution in [-0.4, -0.2) is 50.2 Å². The Morgan fingerprint density at radius 3 is 2.68 bits per heavy atom. The molecule has 1 heterocycles. The molecule has 31 heavy (non-hydrogen) atoms. The molecule has 9 heteroatoms. The molecule has 0 spiro atoms. The van der Waals surface area contributed by atoms with E-state index in [0.29, 0.717) is 10.7 Å². The van der Waals surface area contributed by atoms with E-state index in [-0.39, 0.29) is 30.1 Å². The molecule has 0 N–H and O–H groups in total. The Morgan fingerprint density at radius 2 is 1.94 bits per heavy atom. The van der Waals surface area contributed by atoms with Crippen molar-refractivity contribution in [3.05, 3.63) is 51.9 Å². The first-order valence-corrected chi connectivity index (χ1v) is 11.5. The molecule has 2 aromatic carbocycles. The Hall–Kier alpha value is -1.93. The largest absolute Gasteiger partial charge is 0.497 e. The molecular weight excluding hydrogens is 463 g/mol. The van der Waals surface area contributed by atoms with E-state index < -0.39 is 18.2 Å². The van der Waals surface area contributed by atoms with Gasteiger partial charge < -0.3 is 18.9 Å². The number of benzene rings is 2. The van der Waals surface area contributed by atoms with Gasteiger partial charge in [0.05, 0.1) is 24.5 Å². The van der Waals surface area contributed by atoms with Crippen LogP contribution in [0.5, 0.6) is 5.75 Å². The van der Waals surface area contributed by atoms with Crippen molar-refractivity contribution in [2.45, 2.75) is 19.1 Å². The summed E-state index contributed by atoms with van der Waals surface area (Å²) in [5, 5.41) is 2.03. The third-order valence-corrected chi connectivity index (χ3v) is 6.38. The van der Waals surface area contributed by atoms with E-state index in [1.807, 2.05) is 36.4 Å². The van der Waals surface area contributed by atoms with E-state index in [4.69, 9.17) is 42.1 Å². The first-order chi connectivity index (χ1) is 14.9. The zero-order valence-electron chi connectivity index (χ0n) is 17.1. The van der Waals surface area contributed by atoms with Gasteiger partial charge in [-0.3, -0.25) is 4.79 Å². The molecule has 1 aliphatic rings. The maximum atomic E-state index is 12.5. The predicted octanol–water partition coefficient (Wildman–Crippen LogP) is 4.82. The van der Waals surface area contributed by atoms with Gasteiger partial charge in [-0.15, -0.1) is 23.4 Å².